The van der Waals surface area contributed by atoms with E-state index in [4.69, 9.17) is 15.2 Å². The third kappa shape index (κ3) is 2.40. The van der Waals surface area contributed by atoms with Crippen LogP contribution in [0.4, 0.5) is 10.1 Å². The lowest BCUT2D eigenvalue weighted by molar-refractivity contribution is -0.173. The van der Waals surface area contributed by atoms with Gasteiger partial charge in [0.2, 0.25) is 0 Å². The van der Waals surface area contributed by atoms with E-state index in [2.05, 4.69) is 4.98 Å². The van der Waals surface area contributed by atoms with Crippen molar-refractivity contribution in [1.29, 1.82) is 0 Å². The number of ether oxygens (including phenoxy) is 2. The molecule has 2 aromatic carbocycles. The first kappa shape index (κ1) is 15.2. The van der Waals surface area contributed by atoms with Crippen LogP contribution in [0.5, 0.6) is 11.5 Å². The van der Waals surface area contributed by atoms with E-state index < -0.39 is 12.0 Å². The van der Waals surface area contributed by atoms with Gasteiger partial charge in [0.05, 0.1) is 11.1 Å². The fourth-order valence-corrected chi connectivity index (χ4v) is 2.96. The molecule has 2 heterocycles. The number of alkyl halides is 1. The largest absolute Gasteiger partial charge is 0.478 e. The van der Waals surface area contributed by atoms with Crippen molar-refractivity contribution in [1.82, 2.24) is 4.98 Å². The number of halogens is 1. The highest BCUT2D eigenvalue weighted by atomic mass is 19.2. The van der Waals surface area contributed by atoms with Crippen molar-refractivity contribution >= 4 is 22.6 Å². The maximum absolute atomic E-state index is 13.9. The molecular weight excluding hydrogens is 327 g/mol. The minimum absolute atomic E-state index is 0.0926. The van der Waals surface area contributed by atoms with Crippen molar-refractivity contribution in [2.75, 3.05) is 5.73 Å². The second-order valence-electron chi connectivity index (χ2n) is 5.79. The highest BCUT2D eigenvalue weighted by molar-refractivity contribution is 6.07. The molecule has 7 heteroatoms. The van der Waals surface area contributed by atoms with Crippen LogP contribution in [0.3, 0.4) is 0 Å². The Kier molecular flexibility index (Phi) is 3.08. The Bertz CT molecular complexity index is 1030. The molecule has 0 aliphatic carbocycles. The third-order valence-corrected chi connectivity index (χ3v) is 3.99. The molecule has 3 aromatic rings. The molecule has 3 N–H and O–H groups in total. The van der Waals surface area contributed by atoms with E-state index in [0.717, 1.165) is 6.92 Å². The number of anilines is 1. The van der Waals surface area contributed by atoms with Gasteiger partial charge < -0.3 is 20.3 Å². The number of hydrogen-bond acceptors (Lipinski definition) is 5. The van der Waals surface area contributed by atoms with E-state index in [0.29, 0.717) is 27.7 Å². The average molecular weight is 340 g/mol. The zero-order valence-corrected chi connectivity index (χ0v) is 13.1. The van der Waals surface area contributed by atoms with Gasteiger partial charge in [-0.05, 0) is 23.8 Å². The fraction of sp³-hybridized carbons (Fsp3) is 0.111. The van der Waals surface area contributed by atoms with Crippen molar-refractivity contribution in [2.45, 2.75) is 13.0 Å². The molecule has 4 rings (SSSR count). The van der Waals surface area contributed by atoms with Crippen LogP contribution in [-0.2, 0) is 0 Å². The number of aromatic nitrogens is 1. The molecule has 0 amide bonds. The average Bonchev–Trinajstić information content (AvgIpc) is 2.85. The molecule has 0 saturated carbocycles. The number of carboxylic acids is 1. The van der Waals surface area contributed by atoms with Crippen LogP contribution in [0.25, 0.3) is 22.0 Å². The number of pyridine rings is 1. The Morgan fingerprint density at radius 3 is 2.64 bits per heavy atom. The Balaban J connectivity index is 1.95. The van der Waals surface area contributed by atoms with Gasteiger partial charge in [-0.25, -0.2) is 4.79 Å². The quantitative estimate of drug-likeness (QED) is 0.692. The van der Waals surface area contributed by atoms with Gasteiger partial charge >= 0.3 is 12.0 Å². The number of carboxylic acid groups (broad SMARTS) is 1. The van der Waals surface area contributed by atoms with E-state index in [1.54, 1.807) is 24.3 Å². The van der Waals surface area contributed by atoms with Gasteiger partial charge in [-0.1, -0.05) is 12.1 Å². The molecule has 25 heavy (non-hydrogen) atoms. The Hall–Kier alpha value is -3.35. The van der Waals surface area contributed by atoms with Crippen LogP contribution in [0.1, 0.15) is 17.3 Å². The smallest absolute Gasteiger partial charge is 0.404 e. The molecule has 126 valence electrons. The van der Waals surface area contributed by atoms with Gasteiger partial charge in [-0.15, -0.1) is 0 Å². The molecular formula is C18H13FN2O4. The van der Waals surface area contributed by atoms with Crippen LogP contribution in [0.2, 0.25) is 0 Å². The molecule has 1 atom stereocenters. The monoisotopic (exact) mass is 340 g/mol. The number of carbonyl (C=O) groups is 1. The molecule has 0 fully saturated rings. The predicted molar refractivity (Wildman–Crippen MR) is 89.3 cm³/mol. The highest BCUT2D eigenvalue weighted by Crippen LogP contribution is 2.46. The van der Waals surface area contributed by atoms with Gasteiger partial charge in [0.15, 0.2) is 11.5 Å². The minimum atomic E-state index is -2.25. The molecule has 0 spiro atoms. The van der Waals surface area contributed by atoms with Gasteiger partial charge in [-0.2, -0.15) is 4.39 Å². The lowest BCUT2D eigenvalue weighted by Gasteiger charge is -2.11. The van der Waals surface area contributed by atoms with Gasteiger partial charge in [0.1, 0.15) is 0 Å². The molecule has 0 radical (unpaired) electrons. The second kappa shape index (κ2) is 5.07. The molecule has 6 nitrogen and oxygen atoms in total. The number of aromatic carboxylic acids is 1. The summed E-state index contributed by atoms with van der Waals surface area (Å²) in [7, 11) is 0. The van der Waals surface area contributed by atoms with Crippen LogP contribution in [-0.4, -0.2) is 22.1 Å². The van der Waals surface area contributed by atoms with E-state index in [1.165, 1.54) is 18.3 Å². The van der Waals surface area contributed by atoms with Crippen LogP contribution >= 0.6 is 0 Å². The lowest BCUT2D eigenvalue weighted by Crippen LogP contribution is -2.27. The topological polar surface area (TPSA) is 94.7 Å². The van der Waals surface area contributed by atoms with E-state index in [9.17, 15) is 14.3 Å². The number of nitrogen functional groups attached to an aromatic ring is 1. The van der Waals surface area contributed by atoms with Crippen molar-refractivity contribution in [3.63, 3.8) is 0 Å². The summed E-state index contributed by atoms with van der Waals surface area (Å²) in [5, 5.41) is 9.96. The predicted octanol–water partition coefficient (Wildman–Crippen LogP) is 3.60. The fourth-order valence-electron chi connectivity index (χ4n) is 2.96. The highest BCUT2D eigenvalue weighted by Gasteiger charge is 2.37. The summed E-state index contributed by atoms with van der Waals surface area (Å²) in [6.07, 6.45) is 1.52. The summed E-state index contributed by atoms with van der Waals surface area (Å²) in [4.78, 5) is 15.6. The molecule has 0 saturated heterocycles. The number of nitrogens with zero attached hydrogens (tertiary/aromatic N) is 1. The van der Waals surface area contributed by atoms with E-state index in [-0.39, 0.29) is 17.1 Å². The number of hydrogen-bond donors (Lipinski definition) is 2. The van der Waals surface area contributed by atoms with Crippen molar-refractivity contribution < 1.29 is 23.8 Å². The first-order valence-corrected chi connectivity index (χ1v) is 7.47. The van der Waals surface area contributed by atoms with Crippen molar-refractivity contribution in [3.05, 3.63) is 48.2 Å². The molecule has 1 aliphatic heterocycles. The maximum atomic E-state index is 13.9. The summed E-state index contributed by atoms with van der Waals surface area (Å²) < 4.78 is 24.1. The molecule has 0 bridgehead atoms. The Morgan fingerprint density at radius 1 is 1.20 bits per heavy atom. The SMILES string of the molecule is CC1(F)Oc2cc(N)c(-c3ccc(C(=O)O)c4ncccc34)cc2O1. The molecule has 1 aromatic heterocycles. The van der Waals surface area contributed by atoms with Crippen molar-refractivity contribution in [2.24, 2.45) is 0 Å². The van der Waals surface area contributed by atoms with E-state index in [1.807, 2.05) is 0 Å². The second-order valence-corrected chi connectivity index (χ2v) is 5.79. The zero-order valence-electron chi connectivity index (χ0n) is 13.1. The number of rotatable bonds is 2. The first-order chi connectivity index (χ1) is 11.9. The summed E-state index contributed by atoms with van der Waals surface area (Å²) >= 11 is 0. The van der Waals surface area contributed by atoms with Gasteiger partial charge in [0.25, 0.3) is 0 Å². The van der Waals surface area contributed by atoms with Crippen LogP contribution in [0, 0.1) is 0 Å². The minimum Gasteiger partial charge on any atom is -0.478 e. The standard InChI is InChI=1S/C18H13FN2O4/c1-18(19)24-14-7-12(13(20)8-15(14)25-18)9-4-5-11(17(22)23)16-10(9)3-2-6-21-16/h2-8H,20H2,1H3,(H,22,23). The van der Waals surface area contributed by atoms with Gasteiger partial charge in [-0.3, -0.25) is 4.98 Å². The summed E-state index contributed by atoms with van der Waals surface area (Å²) in [6, 6.07) is 7.41. The van der Waals surface area contributed by atoms with E-state index >= 15 is 0 Å². The van der Waals surface area contributed by atoms with Crippen LogP contribution in [0.15, 0.2) is 42.6 Å². The van der Waals surface area contributed by atoms with Crippen molar-refractivity contribution in [3.8, 4) is 22.6 Å². The summed E-state index contributed by atoms with van der Waals surface area (Å²) in [6.45, 7) is 1.16. The zero-order chi connectivity index (χ0) is 17.8. The summed E-state index contributed by atoms with van der Waals surface area (Å²) in [5.41, 5.74) is 8.15. The first-order valence-electron chi connectivity index (χ1n) is 7.47. The Labute approximate surface area is 141 Å². The summed E-state index contributed by atoms with van der Waals surface area (Å²) in [5.74, 6) is -0.619. The number of nitrogens with two attached hydrogens (primary N) is 1. The molecule has 1 aliphatic rings. The third-order valence-electron chi connectivity index (χ3n) is 3.99. The Morgan fingerprint density at radius 2 is 1.92 bits per heavy atom. The normalized spacial score (nSPS) is 18.5. The number of benzene rings is 2. The van der Waals surface area contributed by atoms with Gasteiger partial charge in [0, 0.05) is 35.8 Å². The maximum Gasteiger partial charge on any atom is 0.404 e. The lowest BCUT2D eigenvalue weighted by atomic mass is 9.96. The van der Waals surface area contributed by atoms with Crippen LogP contribution < -0.4 is 15.2 Å². The molecule has 1 unspecified atom stereocenters. The number of fused-ring (bicyclic) bond motifs is 2.